The average molecular weight is 217 g/mol. The lowest BCUT2D eigenvalue weighted by Crippen LogP contribution is -1.99. The maximum atomic E-state index is 3.07. The van der Waals surface area contributed by atoms with Crippen LogP contribution in [0.3, 0.4) is 0 Å². The second-order valence-corrected chi connectivity index (χ2v) is 5.38. The first-order valence-electron chi connectivity index (χ1n) is 6.63. The molecule has 0 aromatic heterocycles. The Morgan fingerprint density at radius 3 is 2.31 bits per heavy atom. The maximum absolute atomic E-state index is 3.07. The van der Waals surface area contributed by atoms with Crippen LogP contribution in [0.1, 0.15) is 52.0 Å². The van der Waals surface area contributed by atoms with Crippen LogP contribution in [0, 0.1) is 17.9 Å². The fourth-order valence-electron chi connectivity index (χ4n) is 2.02. The number of hydrogen-bond donors (Lipinski definition) is 0. The molecular formula is C16H25. The molecule has 16 heavy (non-hydrogen) atoms. The van der Waals surface area contributed by atoms with E-state index < -0.39 is 0 Å². The summed E-state index contributed by atoms with van der Waals surface area (Å²) in [5.41, 5.74) is 1.45. The highest BCUT2D eigenvalue weighted by molar-refractivity contribution is 5.13. The van der Waals surface area contributed by atoms with Gasteiger partial charge in [0.1, 0.15) is 0 Å². The van der Waals surface area contributed by atoms with Crippen molar-refractivity contribution in [2.75, 3.05) is 0 Å². The zero-order valence-corrected chi connectivity index (χ0v) is 11.0. The summed E-state index contributed by atoms with van der Waals surface area (Å²) in [6.45, 7) is 7.01. The van der Waals surface area contributed by atoms with E-state index in [0.29, 0.717) is 0 Å². The quantitative estimate of drug-likeness (QED) is 0.610. The van der Waals surface area contributed by atoms with Gasteiger partial charge in [0.25, 0.3) is 0 Å². The Morgan fingerprint density at radius 1 is 1.00 bits per heavy atom. The molecule has 0 nitrogen and oxygen atoms in total. The fourth-order valence-corrected chi connectivity index (χ4v) is 2.02. The SMILES string of the molecule is CC(C)CCCC(C)CCc1cc[c]cc1. The summed E-state index contributed by atoms with van der Waals surface area (Å²) in [6, 6.07) is 11.5. The van der Waals surface area contributed by atoms with Gasteiger partial charge in [0.2, 0.25) is 0 Å². The second kappa shape index (κ2) is 7.49. The van der Waals surface area contributed by atoms with E-state index in [-0.39, 0.29) is 0 Å². The van der Waals surface area contributed by atoms with Crippen molar-refractivity contribution in [2.45, 2.75) is 52.9 Å². The summed E-state index contributed by atoms with van der Waals surface area (Å²) < 4.78 is 0. The highest BCUT2D eigenvalue weighted by atomic mass is 14.1. The van der Waals surface area contributed by atoms with Crippen molar-refractivity contribution in [2.24, 2.45) is 11.8 Å². The standard InChI is InChI=1S/C16H25/c1-14(2)8-7-9-15(3)12-13-16-10-5-4-6-11-16/h5-6,10-11,14-15H,7-9,12-13H2,1-3H3. The average Bonchev–Trinajstić information content (AvgIpc) is 2.27. The van der Waals surface area contributed by atoms with E-state index in [1.165, 1.54) is 37.7 Å². The molecular weight excluding hydrogens is 192 g/mol. The molecule has 0 spiro atoms. The Labute approximate surface area is 101 Å². The molecule has 0 heterocycles. The van der Waals surface area contributed by atoms with E-state index in [2.05, 4.69) is 39.0 Å². The van der Waals surface area contributed by atoms with Gasteiger partial charge >= 0.3 is 0 Å². The highest BCUT2D eigenvalue weighted by Gasteiger charge is 2.03. The lowest BCUT2D eigenvalue weighted by Gasteiger charge is -2.12. The zero-order chi connectivity index (χ0) is 11.8. The normalized spacial score (nSPS) is 13.0. The first-order valence-corrected chi connectivity index (χ1v) is 6.63. The van der Waals surface area contributed by atoms with Gasteiger partial charge in [0, 0.05) is 0 Å². The number of benzene rings is 1. The molecule has 0 saturated carbocycles. The predicted molar refractivity (Wildman–Crippen MR) is 71.5 cm³/mol. The molecule has 0 aliphatic heterocycles. The van der Waals surface area contributed by atoms with Crippen LogP contribution in [0.4, 0.5) is 0 Å². The Morgan fingerprint density at radius 2 is 1.69 bits per heavy atom. The van der Waals surface area contributed by atoms with Crippen molar-refractivity contribution in [1.29, 1.82) is 0 Å². The smallest absolute Gasteiger partial charge is 0.0184 e. The molecule has 0 saturated heterocycles. The van der Waals surface area contributed by atoms with Crippen LogP contribution in [0.15, 0.2) is 24.3 Å². The molecule has 0 aliphatic rings. The van der Waals surface area contributed by atoms with Gasteiger partial charge in [-0.25, -0.2) is 0 Å². The van der Waals surface area contributed by atoms with Crippen molar-refractivity contribution in [1.82, 2.24) is 0 Å². The summed E-state index contributed by atoms with van der Waals surface area (Å²) in [4.78, 5) is 0. The van der Waals surface area contributed by atoms with Crippen LogP contribution in [-0.2, 0) is 6.42 Å². The first-order chi connectivity index (χ1) is 7.68. The molecule has 0 heteroatoms. The minimum absolute atomic E-state index is 0.858. The lowest BCUT2D eigenvalue weighted by atomic mass is 9.94. The Hall–Kier alpha value is -0.780. The molecule has 1 radical (unpaired) electrons. The molecule has 1 unspecified atom stereocenters. The summed E-state index contributed by atoms with van der Waals surface area (Å²) in [5.74, 6) is 1.72. The third-order valence-corrected chi connectivity index (χ3v) is 3.19. The van der Waals surface area contributed by atoms with Crippen molar-refractivity contribution in [3.8, 4) is 0 Å². The predicted octanol–water partition coefficient (Wildman–Crippen LogP) is 4.88. The molecule has 0 amide bonds. The molecule has 0 fully saturated rings. The summed E-state index contributed by atoms with van der Waals surface area (Å²) >= 11 is 0. The van der Waals surface area contributed by atoms with Crippen LogP contribution in [0.2, 0.25) is 0 Å². The first kappa shape index (κ1) is 13.3. The van der Waals surface area contributed by atoms with E-state index in [0.717, 1.165) is 11.8 Å². The summed E-state index contributed by atoms with van der Waals surface area (Å²) in [7, 11) is 0. The Kier molecular flexibility index (Phi) is 6.22. The van der Waals surface area contributed by atoms with Crippen molar-refractivity contribution >= 4 is 0 Å². The van der Waals surface area contributed by atoms with Gasteiger partial charge in [-0.05, 0) is 36.3 Å². The van der Waals surface area contributed by atoms with Gasteiger partial charge in [-0.3, -0.25) is 0 Å². The number of rotatable bonds is 7. The van der Waals surface area contributed by atoms with E-state index in [4.69, 9.17) is 0 Å². The van der Waals surface area contributed by atoms with Gasteiger partial charge in [-0.15, -0.1) is 0 Å². The van der Waals surface area contributed by atoms with Gasteiger partial charge in [-0.2, -0.15) is 0 Å². The third kappa shape index (κ3) is 5.95. The molecule has 1 aromatic rings. The van der Waals surface area contributed by atoms with Crippen molar-refractivity contribution < 1.29 is 0 Å². The molecule has 0 bridgehead atoms. The molecule has 1 atom stereocenters. The fraction of sp³-hybridized carbons (Fsp3) is 0.625. The van der Waals surface area contributed by atoms with Crippen molar-refractivity contribution in [3.05, 3.63) is 35.9 Å². The molecule has 0 N–H and O–H groups in total. The molecule has 1 rings (SSSR count). The minimum atomic E-state index is 0.858. The van der Waals surface area contributed by atoms with E-state index in [9.17, 15) is 0 Å². The Bertz CT molecular complexity index is 261. The van der Waals surface area contributed by atoms with Gasteiger partial charge in [0.15, 0.2) is 0 Å². The highest BCUT2D eigenvalue weighted by Crippen LogP contribution is 2.17. The summed E-state index contributed by atoms with van der Waals surface area (Å²) in [6.07, 6.45) is 6.70. The third-order valence-electron chi connectivity index (χ3n) is 3.19. The minimum Gasteiger partial charge on any atom is -0.0628 e. The largest absolute Gasteiger partial charge is 0.0628 e. The zero-order valence-electron chi connectivity index (χ0n) is 11.0. The maximum Gasteiger partial charge on any atom is -0.0184 e. The second-order valence-electron chi connectivity index (χ2n) is 5.38. The topological polar surface area (TPSA) is 0 Å². The van der Waals surface area contributed by atoms with Crippen molar-refractivity contribution in [3.63, 3.8) is 0 Å². The lowest BCUT2D eigenvalue weighted by molar-refractivity contribution is 0.437. The summed E-state index contributed by atoms with van der Waals surface area (Å²) in [5, 5.41) is 0. The van der Waals surface area contributed by atoms with Gasteiger partial charge in [-0.1, -0.05) is 64.3 Å². The van der Waals surface area contributed by atoms with Crippen LogP contribution in [-0.4, -0.2) is 0 Å². The van der Waals surface area contributed by atoms with E-state index >= 15 is 0 Å². The molecule has 89 valence electrons. The van der Waals surface area contributed by atoms with Crippen LogP contribution in [0.25, 0.3) is 0 Å². The van der Waals surface area contributed by atoms with Crippen LogP contribution in [0.5, 0.6) is 0 Å². The van der Waals surface area contributed by atoms with E-state index in [1.54, 1.807) is 0 Å². The van der Waals surface area contributed by atoms with Gasteiger partial charge < -0.3 is 0 Å². The van der Waals surface area contributed by atoms with Crippen LogP contribution >= 0.6 is 0 Å². The molecule has 1 aromatic carbocycles. The van der Waals surface area contributed by atoms with Gasteiger partial charge in [0.05, 0.1) is 0 Å². The molecule has 0 aliphatic carbocycles. The monoisotopic (exact) mass is 217 g/mol. The number of hydrogen-bond acceptors (Lipinski definition) is 0. The van der Waals surface area contributed by atoms with E-state index in [1.807, 2.05) is 12.1 Å². The van der Waals surface area contributed by atoms with Crippen LogP contribution < -0.4 is 0 Å². The number of aryl methyl sites for hydroxylation is 1. The Balaban J connectivity index is 2.13.